The largest absolute Gasteiger partial charge is 0.497 e. The van der Waals surface area contributed by atoms with Gasteiger partial charge in [-0.3, -0.25) is 9.59 Å². The Bertz CT molecular complexity index is 734. The molecule has 1 aromatic carbocycles. The molecule has 0 bridgehead atoms. The highest BCUT2D eigenvalue weighted by molar-refractivity contribution is 6.02. The van der Waals surface area contributed by atoms with Gasteiger partial charge >= 0.3 is 5.97 Å². The maximum absolute atomic E-state index is 12.8. The molecule has 2 heterocycles. The number of carboxylic acids is 1. The van der Waals surface area contributed by atoms with Crippen LogP contribution >= 0.6 is 0 Å². The number of anilines is 1. The summed E-state index contributed by atoms with van der Waals surface area (Å²) in [5.74, 6) is -0.902. The summed E-state index contributed by atoms with van der Waals surface area (Å²) in [6.07, 6.45) is 1.19. The lowest BCUT2D eigenvalue weighted by Crippen LogP contribution is -2.44. The molecule has 0 saturated carbocycles. The van der Waals surface area contributed by atoms with E-state index >= 15 is 0 Å². The van der Waals surface area contributed by atoms with E-state index in [4.69, 9.17) is 9.47 Å². The minimum absolute atomic E-state index is 0.0663. The quantitative estimate of drug-likeness (QED) is 0.844. The summed E-state index contributed by atoms with van der Waals surface area (Å²) >= 11 is 0. The molecule has 0 aliphatic carbocycles. The molecule has 0 spiro atoms. The Labute approximate surface area is 151 Å². The second kappa shape index (κ2) is 7.23. The molecule has 2 fully saturated rings. The fraction of sp³-hybridized carbons (Fsp3) is 0.500. The molecular formula is C18H22N2O6. The number of aliphatic carboxylic acids is 1. The van der Waals surface area contributed by atoms with E-state index in [1.165, 1.54) is 16.9 Å². The van der Waals surface area contributed by atoms with Gasteiger partial charge in [-0.1, -0.05) is 0 Å². The van der Waals surface area contributed by atoms with Crippen LogP contribution in [0.1, 0.15) is 19.3 Å². The van der Waals surface area contributed by atoms with E-state index in [9.17, 15) is 19.5 Å². The predicted molar refractivity (Wildman–Crippen MR) is 92.4 cm³/mol. The van der Waals surface area contributed by atoms with Crippen molar-refractivity contribution in [3.63, 3.8) is 0 Å². The van der Waals surface area contributed by atoms with Gasteiger partial charge in [0.2, 0.25) is 11.8 Å². The molecule has 2 saturated heterocycles. The second-order valence-electron chi connectivity index (χ2n) is 6.47. The zero-order valence-corrected chi connectivity index (χ0v) is 14.8. The minimum Gasteiger partial charge on any atom is -0.497 e. The first kappa shape index (κ1) is 18.0. The highest BCUT2D eigenvalue weighted by atomic mass is 16.5. The molecule has 0 aromatic heterocycles. The van der Waals surface area contributed by atoms with Gasteiger partial charge in [-0.05, 0) is 25.0 Å². The molecule has 0 radical (unpaired) electrons. The molecule has 140 valence electrons. The van der Waals surface area contributed by atoms with Gasteiger partial charge in [0.1, 0.15) is 17.5 Å². The zero-order chi connectivity index (χ0) is 18.8. The summed E-state index contributed by atoms with van der Waals surface area (Å²) in [5, 5.41) is 9.28. The minimum atomic E-state index is -0.992. The molecule has 1 aromatic rings. The Balaban J connectivity index is 1.79. The molecule has 26 heavy (non-hydrogen) atoms. The van der Waals surface area contributed by atoms with E-state index in [1.54, 1.807) is 25.3 Å². The molecular weight excluding hydrogens is 340 g/mol. The van der Waals surface area contributed by atoms with Crippen LogP contribution in [0.4, 0.5) is 5.69 Å². The monoisotopic (exact) mass is 362 g/mol. The lowest BCUT2D eigenvalue weighted by molar-refractivity contribution is -0.149. The van der Waals surface area contributed by atoms with Crippen LogP contribution in [0.2, 0.25) is 0 Å². The van der Waals surface area contributed by atoms with Crippen molar-refractivity contribution in [1.29, 1.82) is 0 Å². The Kier molecular flexibility index (Phi) is 5.01. The number of hydrogen-bond donors (Lipinski definition) is 1. The lowest BCUT2D eigenvalue weighted by Gasteiger charge is -2.25. The SMILES string of the molecule is COc1ccc(N2CC(C(=O)N3CCCC3C(=O)O)CC2=O)c(OC)c1. The van der Waals surface area contributed by atoms with Crippen molar-refractivity contribution in [2.45, 2.75) is 25.3 Å². The molecule has 8 nitrogen and oxygen atoms in total. The molecule has 1 N–H and O–H groups in total. The van der Waals surface area contributed by atoms with Crippen LogP contribution in [0.15, 0.2) is 18.2 Å². The van der Waals surface area contributed by atoms with Gasteiger partial charge in [-0.15, -0.1) is 0 Å². The van der Waals surface area contributed by atoms with E-state index in [1.807, 2.05) is 0 Å². The van der Waals surface area contributed by atoms with Crippen molar-refractivity contribution >= 4 is 23.5 Å². The highest BCUT2D eigenvalue weighted by Gasteiger charge is 2.42. The topological polar surface area (TPSA) is 96.4 Å². The Morgan fingerprint density at radius 2 is 2.00 bits per heavy atom. The molecule has 8 heteroatoms. The summed E-state index contributed by atoms with van der Waals surface area (Å²) in [7, 11) is 3.04. The van der Waals surface area contributed by atoms with Crippen molar-refractivity contribution in [2.75, 3.05) is 32.2 Å². The number of benzene rings is 1. The number of carboxylic acid groups (broad SMARTS) is 1. The standard InChI is InChI=1S/C18H22N2O6/c1-25-12-5-6-13(15(9-12)26-2)20-10-11(8-16(20)21)17(22)19-7-3-4-14(19)18(23)24/h5-6,9,11,14H,3-4,7-8,10H2,1-2H3,(H,23,24). The van der Waals surface area contributed by atoms with Crippen molar-refractivity contribution in [1.82, 2.24) is 4.90 Å². The first-order valence-corrected chi connectivity index (χ1v) is 8.52. The van der Waals surface area contributed by atoms with Gasteiger partial charge in [0, 0.05) is 25.6 Å². The van der Waals surface area contributed by atoms with Crippen LogP contribution in [0.25, 0.3) is 0 Å². The van der Waals surface area contributed by atoms with Crippen molar-refractivity contribution < 1.29 is 29.0 Å². The number of ether oxygens (including phenoxy) is 2. The average Bonchev–Trinajstić information content (AvgIpc) is 3.27. The summed E-state index contributed by atoms with van der Waals surface area (Å²) in [6.45, 7) is 0.634. The number of nitrogens with zero attached hydrogens (tertiary/aromatic N) is 2. The van der Waals surface area contributed by atoms with E-state index in [-0.39, 0.29) is 24.8 Å². The number of methoxy groups -OCH3 is 2. The number of likely N-dealkylation sites (tertiary alicyclic amines) is 1. The average molecular weight is 362 g/mol. The molecule has 2 amide bonds. The number of hydrogen-bond acceptors (Lipinski definition) is 5. The van der Waals surface area contributed by atoms with Crippen molar-refractivity contribution in [2.24, 2.45) is 5.92 Å². The Morgan fingerprint density at radius 3 is 2.65 bits per heavy atom. The summed E-state index contributed by atoms with van der Waals surface area (Å²) in [6, 6.07) is 4.33. The lowest BCUT2D eigenvalue weighted by atomic mass is 10.1. The van der Waals surface area contributed by atoms with Crippen LogP contribution < -0.4 is 14.4 Å². The summed E-state index contributed by atoms with van der Waals surface area (Å²) in [5.41, 5.74) is 0.574. The van der Waals surface area contributed by atoms with Gasteiger partial charge in [-0.25, -0.2) is 4.79 Å². The highest BCUT2D eigenvalue weighted by Crippen LogP contribution is 2.36. The first-order valence-electron chi connectivity index (χ1n) is 8.52. The van der Waals surface area contributed by atoms with Gasteiger partial charge < -0.3 is 24.4 Å². The number of amides is 2. The first-order chi connectivity index (χ1) is 12.5. The zero-order valence-electron chi connectivity index (χ0n) is 14.8. The summed E-state index contributed by atoms with van der Waals surface area (Å²) < 4.78 is 10.5. The smallest absolute Gasteiger partial charge is 0.326 e. The van der Waals surface area contributed by atoms with E-state index in [0.29, 0.717) is 36.6 Å². The summed E-state index contributed by atoms with van der Waals surface area (Å²) in [4.78, 5) is 39.5. The number of carbonyl (C=O) groups excluding carboxylic acids is 2. The van der Waals surface area contributed by atoms with Crippen LogP contribution in [-0.2, 0) is 14.4 Å². The fourth-order valence-corrected chi connectivity index (χ4v) is 3.64. The van der Waals surface area contributed by atoms with Crippen molar-refractivity contribution in [3.05, 3.63) is 18.2 Å². The Morgan fingerprint density at radius 1 is 1.23 bits per heavy atom. The Hall–Kier alpha value is -2.77. The van der Waals surface area contributed by atoms with E-state index in [0.717, 1.165) is 0 Å². The second-order valence-corrected chi connectivity index (χ2v) is 6.47. The molecule has 2 unspecified atom stereocenters. The third-order valence-corrected chi connectivity index (χ3v) is 4.97. The number of carbonyl (C=O) groups is 3. The van der Waals surface area contributed by atoms with Gasteiger partial charge in [0.05, 0.1) is 25.8 Å². The van der Waals surface area contributed by atoms with Crippen LogP contribution in [-0.4, -0.2) is 61.1 Å². The maximum atomic E-state index is 12.8. The third-order valence-electron chi connectivity index (χ3n) is 4.97. The fourth-order valence-electron chi connectivity index (χ4n) is 3.64. The van der Waals surface area contributed by atoms with E-state index in [2.05, 4.69) is 0 Å². The van der Waals surface area contributed by atoms with Crippen LogP contribution in [0, 0.1) is 5.92 Å². The normalized spacial score (nSPS) is 22.6. The predicted octanol–water partition coefficient (Wildman–Crippen LogP) is 1.13. The van der Waals surface area contributed by atoms with Gasteiger partial charge in [-0.2, -0.15) is 0 Å². The van der Waals surface area contributed by atoms with Crippen molar-refractivity contribution in [3.8, 4) is 11.5 Å². The van der Waals surface area contributed by atoms with Crippen LogP contribution in [0.3, 0.4) is 0 Å². The molecule has 2 aliphatic heterocycles. The van der Waals surface area contributed by atoms with Crippen LogP contribution in [0.5, 0.6) is 11.5 Å². The van der Waals surface area contributed by atoms with E-state index < -0.39 is 17.9 Å². The van der Waals surface area contributed by atoms with Gasteiger partial charge in [0.25, 0.3) is 0 Å². The molecule has 2 atom stereocenters. The molecule has 3 rings (SSSR count). The van der Waals surface area contributed by atoms with Gasteiger partial charge in [0.15, 0.2) is 0 Å². The molecule has 2 aliphatic rings. The number of rotatable bonds is 5. The third kappa shape index (κ3) is 3.18. The maximum Gasteiger partial charge on any atom is 0.326 e.